The monoisotopic (exact) mass is 372 g/mol. The number of Topliss-reactive ketones (excluding diaryl/α,β-unsaturated/α-hetero) is 1. The lowest BCUT2D eigenvalue weighted by atomic mass is 9.53. The van der Waals surface area contributed by atoms with Crippen molar-refractivity contribution in [1.82, 2.24) is 0 Å². The van der Waals surface area contributed by atoms with E-state index in [1.807, 2.05) is 19.2 Å². The van der Waals surface area contributed by atoms with Gasteiger partial charge in [0.25, 0.3) is 0 Å². The maximum Gasteiger partial charge on any atom is 0.310 e. The second-order valence-electron chi connectivity index (χ2n) is 8.20. The number of quaternary nitrogens is 1. The average molecular weight is 372 g/mol. The Hall–Kier alpha value is -2.34. The van der Waals surface area contributed by atoms with Gasteiger partial charge in [-0.1, -0.05) is 6.07 Å². The first-order valence-corrected chi connectivity index (χ1v) is 9.33. The van der Waals surface area contributed by atoms with Crippen molar-refractivity contribution in [2.24, 2.45) is 5.92 Å². The van der Waals surface area contributed by atoms with Gasteiger partial charge in [0.1, 0.15) is 6.04 Å². The molecule has 4 atom stereocenters. The summed E-state index contributed by atoms with van der Waals surface area (Å²) in [6, 6.07) is 3.74. The van der Waals surface area contributed by atoms with E-state index >= 15 is 0 Å². The number of carbonyl (C=O) groups excluding carboxylic acids is 2. The molecule has 0 saturated carbocycles. The molecule has 2 bridgehead atoms. The highest BCUT2D eigenvalue weighted by atomic mass is 16.5. The van der Waals surface area contributed by atoms with E-state index in [9.17, 15) is 14.7 Å². The molecule has 2 aliphatic carbocycles. The third kappa shape index (κ3) is 2.22. The number of benzene rings is 1. The fourth-order valence-corrected chi connectivity index (χ4v) is 5.60. The molecular formula is C21H26NO5+. The lowest BCUT2D eigenvalue weighted by Gasteiger charge is -2.58. The number of piperidine rings is 1. The number of aromatic hydroxyl groups is 1. The van der Waals surface area contributed by atoms with E-state index in [0.717, 1.165) is 11.1 Å². The van der Waals surface area contributed by atoms with Crippen LogP contribution in [0.15, 0.2) is 24.0 Å². The Bertz CT molecular complexity index is 876. The number of carbonyl (C=O) groups is 2. The minimum atomic E-state index is -0.525. The standard InChI is InChI=1S/C21H25NO5/c1-12(23)22(2)8-7-21-11-16(24)18(27-4)10-14(21)15(22)9-13-5-6-17(26-3)20(25)19(13)21/h5-6,10,14-15H,7-9,11H2,1-4H3/p+1/t14-,15+,21-,22?/m1/s1. The summed E-state index contributed by atoms with van der Waals surface area (Å²) >= 11 is 0. The minimum Gasteiger partial charge on any atom is -0.504 e. The number of ether oxygens (including phenoxy) is 2. The van der Waals surface area contributed by atoms with Gasteiger partial charge in [0.2, 0.25) is 0 Å². The molecule has 1 N–H and O–H groups in total. The second kappa shape index (κ2) is 5.83. The van der Waals surface area contributed by atoms with Crippen LogP contribution in [0.2, 0.25) is 0 Å². The van der Waals surface area contributed by atoms with Crippen LogP contribution in [-0.2, 0) is 26.2 Å². The number of phenolic OH excluding ortho intramolecular Hbond substituents is 1. The number of amides is 1. The smallest absolute Gasteiger partial charge is 0.310 e. The van der Waals surface area contributed by atoms with E-state index in [0.29, 0.717) is 35.4 Å². The zero-order chi connectivity index (χ0) is 19.6. The molecule has 6 heteroatoms. The molecule has 3 aliphatic rings. The molecule has 1 aromatic rings. The van der Waals surface area contributed by atoms with E-state index in [-0.39, 0.29) is 35.8 Å². The Labute approximate surface area is 159 Å². The number of phenols is 1. The summed E-state index contributed by atoms with van der Waals surface area (Å²) in [7, 11) is 5.03. The first-order chi connectivity index (χ1) is 12.8. The lowest BCUT2D eigenvalue weighted by molar-refractivity contribution is -0.872. The normalized spacial score (nSPS) is 34.2. The molecule has 1 aliphatic heterocycles. The Morgan fingerprint density at radius 1 is 1.30 bits per heavy atom. The molecule has 4 rings (SSSR count). The Morgan fingerprint density at radius 2 is 2.04 bits per heavy atom. The molecule has 1 saturated heterocycles. The van der Waals surface area contributed by atoms with Gasteiger partial charge < -0.3 is 14.6 Å². The van der Waals surface area contributed by atoms with Crippen molar-refractivity contribution in [2.75, 3.05) is 27.8 Å². The van der Waals surface area contributed by atoms with E-state index in [4.69, 9.17) is 9.47 Å². The maximum absolute atomic E-state index is 12.8. The highest BCUT2D eigenvalue weighted by Crippen LogP contribution is 2.59. The topological polar surface area (TPSA) is 72.8 Å². The van der Waals surface area contributed by atoms with Crippen molar-refractivity contribution in [1.29, 1.82) is 0 Å². The van der Waals surface area contributed by atoms with Gasteiger partial charge in [-0.05, 0) is 17.7 Å². The molecule has 0 radical (unpaired) electrons. The summed E-state index contributed by atoms with van der Waals surface area (Å²) in [6.45, 7) is 2.29. The van der Waals surface area contributed by atoms with Crippen molar-refractivity contribution in [2.45, 2.75) is 37.6 Å². The summed E-state index contributed by atoms with van der Waals surface area (Å²) in [5.74, 6) is 0.922. The number of allylic oxidation sites excluding steroid dienone is 1. The van der Waals surface area contributed by atoms with E-state index in [1.54, 1.807) is 13.0 Å². The van der Waals surface area contributed by atoms with Crippen LogP contribution in [0.3, 0.4) is 0 Å². The largest absolute Gasteiger partial charge is 0.504 e. The predicted molar refractivity (Wildman–Crippen MR) is 98.4 cm³/mol. The molecule has 27 heavy (non-hydrogen) atoms. The molecule has 1 aromatic carbocycles. The van der Waals surface area contributed by atoms with Gasteiger partial charge in [0.15, 0.2) is 23.0 Å². The van der Waals surface area contributed by atoms with Crippen molar-refractivity contribution in [3.05, 3.63) is 35.1 Å². The van der Waals surface area contributed by atoms with Crippen LogP contribution >= 0.6 is 0 Å². The van der Waals surface area contributed by atoms with Crippen molar-refractivity contribution in [3.8, 4) is 11.5 Å². The van der Waals surface area contributed by atoms with Gasteiger partial charge in [-0.2, -0.15) is 0 Å². The summed E-state index contributed by atoms with van der Waals surface area (Å²) in [6.07, 6.45) is 3.49. The van der Waals surface area contributed by atoms with Crippen LogP contribution in [0.5, 0.6) is 11.5 Å². The molecule has 1 unspecified atom stereocenters. The zero-order valence-electron chi connectivity index (χ0n) is 16.2. The number of likely N-dealkylation sites (tertiary alicyclic amines) is 1. The van der Waals surface area contributed by atoms with E-state index in [1.165, 1.54) is 14.2 Å². The molecule has 1 fully saturated rings. The van der Waals surface area contributed by atoms with E-state index < -0.39 is 5.41 Å². The van der Waals surface area contributed by atoms with Crippen LogP contribution in [0.4, 0.5) is 0 Å². The molecule has 0 spiro atoms. The molecule has 1 amide bonds. The second-order valence-corrected chi connectivity index (χ2v) is 8.20. The van der Waals surface area contributed by atoms with Crippen molar-refractivity contribution < 1.29 is 28.7 Å². The first-order valence-electron chi connectivity index (χ1n) is 9.33. The number of fused-ring (bicyclic) bond motifs is 1. The maximum atomic E-state index is 12.8. The van der Waals surface area contributed by atoms with Gasteiger partial charge in [0.05, 0.1) is 34.7 Å². The number of likely N-dealkylation sites (N-methyl/N-ethyl adjacent to an activating group) is 1. The summed E-state index contributed by atoms with van der Waals surface area (Å²) in [5.41, 5.74) is 1.29. The summed E-state index contributed by atoms with van der Waals surface area (Å²) < 4.78 is 11.0. The number of methoxy groups -OCH3 is 2. The van der Waals surface area contributed by atoms with Gasteiger partial charge in [-0.25, -0.2) is 4.79 Å². The van der Waals surface area contributed by atoms with E-state index in [2.05, 4.69) is 0 Å². The van der Waals surface area contributed by atoms with Crippen molar-refractivity contribution in [3.63, 3.8) is 0 Å². The van der Waals surface area contributed by atoms with Crippen molar-refractivity contribution >= 4 is 11.7 Å². The number of hydrogen-bond donors (Lipinski definition) is 1. The van der Waals surface area contributed by atoms with Gasteiger partial charge in [-0.3, -0.25) is 9.28 Å². The predicted octanol–water partition coefficient (Wildman–Crippen LogP) is 2.08. The highest BCUT2D eigenvalue weighted by molar-refractivity contribution is 5.96. The van der Waals surface area contributed by atoms with Gasteiger partial charge in [0, 0.05) is 36.2 Å². The summed E-state index contributed by atoms with van der Waals surface area (Å²) in [4.78, 5) is 25.3. The number of ketones is 1. The number of hydrogen-bond acceptors (Lipinski definition) is 5. The Balaban J connectivity index is 2.00. The number of rotatable bonds is 2. The third-order valence-corrected chi connectivity index (χ3v) is 7.20. The number of nitrogens with zero attached hydrogens (tertiary/aromatic N) is 1. The average Bonchev–Trinajstić information content (AvgIpc) is 2.64. The molecule has 0 aromatic heterocycles. The minimum absolute atomic E-state index is 0.00907. The fraction of sp³-hybridized carbons (Fsp3) is 0.524. The van der Waals surface area contributed by atoms with Crippen LogP contribution in [0.25, 0.3) is 0 Å². The zero-order valence-corrected chi connectivity index (χ0v) is 16.2. The third-order valence-electron chi connectivity index (χ3n) is 7.20. The van der Waals surface area contributed by atoms with Crippen LogP contribution in [-0.4, -0.2) is 55.1 Å². The molecule has 144 valence electrons. The Morgan fingerprint density at radius 3 is 2.67 bits per heavy atom. The van der Waals surface area contributed by atoms with Crippen LogP contribution in [0.1, 0.15) is 30.9 Å². The first kappa shape index (κ1) is 18.0. The highest BCUT2D eigenvalue weighted by Gasteiger charge is 2.62. The molecular weight excluding hydrogens is 346 g/mol. The van der Waals surface area contributed by atoms with Gasteiger partial charge >= 0.3 is 5.91 Å². The molecule has 6 nitrogen and oxygen atoms in total. The fourth-order valence-electron chi connectivity index (χ4n) is 5.60. The molecule has 1 heterocycles. The van der Waals surface area contributed by atoms with Crippen LogP contribution in [0, 0.1) is 5.92 Å². The lowest BCUT2D eigenvalue weighted by Crippen LogP contribution is -2.70. The summed E-state index contributed by atoms with van der Waals surface area (Å²) in [5, 5.41) is 11.0. The quantitative estimate of drug-likeness (QED) is 0.805. The van der Waals surface area contributed by atoms with Crippen LogP contribution < -0.4 is 4.74 Å². The van der Waals surface area contributed by atoms with Gasteiger partial charge in [-0.15, -0.1) is 0 Å². The Kier molecular flexibility index (Phi) is 3.89. The SMILES string of the molecule is COC1=C[C@@H]2[C@@H]3Cc4ccc(OC)c(O)c4[C@]2(CC[N+]3(C)C(C)=O)CC1=O.